The molecule has 1 aliphatic carbocycles. The lowest BCUT2D eigenvalue weighted by Gasteiger charge is -2.35. The van der Waals surface area contributed by atoms with E-state index in [1.807, 2.05) is 52.0 Å². The van der Waals surface area contributed by atoms with Gasteiger partial charge < -0.3 is 59.0 Å². The summed E-state index contributed by atoms with van der Waals surface area (Å²) >= 11 is 23.0. The second-order valence-electron chi connectivity index (χ2n) is 19.8. The molecule has 1 atom stereocenters. The van der Waals surface area contributed by atoms with E-state index in [-0.39, 0.29) is 74.9 Å². The zero-order valence-electron chi connectivity index (χ0n) is 51.1. The third kappa shape index (κ3) is 23.6. The first-order chi connectivity index (χ1) is 43.2. The lowest BCUT2D eigenvalue weighted by atomic mass is 10.1. The molecule has 2 aliphatic heterocycles. The first-order valence-electron chi connectivity index (χ1n) is 27.3. The number of imide groups is 1. The number of carboxylic acid groups (broad SMARTS) is 1. The van der Waals surface area contributed by atoms with Crippen LogP contribution in [0, 0.1) is 5.82 Å². The maximum atomic E-state index is 14.3. The Bertz CT molecular complexity index is 3600. The minimum Gasteiger partial charge on any atom is -0.489 e. The highest BCUT2D eigenvalue weighted by Crippen LogP contribution is 2.38. The number of fused-ring (bicyclic) bond motifs is 1. The summed E-state index contributed by atoms with van der Waals surface area (Å²) in [6.45, 7) is 11.9. The number of nitrogens with zero attached hydrogens (tertiary/aromatic N) is 9. The molecule has 0 spiro atoms. The lowest BCUT2D eigenvalue weighted by molar-refractivity contribution is -0.135. The number of nitrogens with one attached hydrogen (secondary N) is 5. The molecule has 8 N–H and O–H groups in total. The van der Waals surface area contributed by atoms with E-state index >= 15 is 0 Å². The predicted octanol–water partition coefficient (Wildman–Crippen LogP) is 7.86. The summed E-state index contributed by atoms with van der Waals surface area (Å²) in [5.74, 6) is -1.77. The van der Waals surface area contributed by atoms with Gasteiger partial charge in [0.15, 0.2) is 15.6 Å². The van der Waals surface area contributed by atoms with Crippen LogP contribution >= 0.6 is 54.0 Å². The minimum atomic E-state index is -4.46. The van der Waals surface area contributed by atoms with Crippen molar-refractivity contribution in [3.8, 4) is 23.3 Å². The number of carbonyl (C=O) groups excluding carboxylic acids is 5. The van der Waals surface area contributed by atoms with Crippen molar-refractivity contribution in [3.63, 3.8) is 0 Å². The molecule has 1 saturated carbocycles. The Hall–Kier alpha value is -8.01. The van der Waals surface area contributed by atoms with E-state index in [9.17, 15) is 46.1 Å². The van der Waals surface area contributed by atoms with Crippen LogP contribution in [0.3, 0.4) is 0 Å². The molecule has 31 nitrogen and oxygen atoms in total. The Labute approximate surface area is 548 Å². The van der Waals surface area contributed by atoms with E-state index in [4.69, 9.17) is 85.0 Å². The van der Waals surface area contributed by atoms with Crippen LogP contribution in [0.15, 0.2) is 77.2 Å². The van der Waals surface area contributed by atoms with Crippen molar-refractivity contribution in [1.82, 2.24) is 44.8 Å². The highest BCUT2D eigenvalue weighted by Gasteiger charge is 2.41. The van der Waals surface area contributed by atoms with Crippen LogP contribution in [0.4, 0.5) is 43.2 Å². The Morgan fingerprint density at radius 3 is 2.09 bits per heavy atom. The number of carboxylic acids is 1. The number of hydrogen-bond acceptors (Lipinski definition) is 23. The number of para-hydroxylation sites is 2. The number of sulfonamides is 1. The number of allylic oxidation sites excluding steroid dienone is 1. The monoisotopic (exact) mass is 1410 g/mol. The molecule has 38 heteroatoms. The van der Waals surface area contributed by atoms with Crippen LogP contribution in [0.25, 0.3) is 0 Å². The van der Waals surface area contributed by atoms with Gasteiger partial charge in [-0.1, -0.05) is 46.9 Å². The van der Waals surface area contributed by atoms with Gasteiger partial charge in [0.2, 0.25) is 34.9 Å². The van der Waals surface area contributed by atoms with Crippen LogP contribution in [-0.4, -0.2) is 171 Å². The second kappa shape index (κ2) is 35.7. The van der Waals surface area contributed by atoms with Gasteiger partial charge in [0, 0.05) is 38.9 Å². The van der Waals surface area contributed by atoms with E-state index in [1.54, 1.807) is 23.5 Å². The quantitative estimate of drug-likeness (QED) is 0.0235. The molecule has 2 aromatic carbocycles. The van der Waals surface area contributed by atoms with E-state index in [0.29, 0.717) is 34.7 Å². The van der Waals surface area contributed by atoms with E-state index in [2.05, 4.69) is 51.2 Å². The Morgan fingerprint density at radius 1 is 0.902 bits per heavy atom. The fourth-order valence-electron chi connectivity index (χ4n) is 7.79. The van der Waals surface area contributed by atoms with E-state index in [1.165, 1.54) is 63.7 Å². The number of halogens is 5. The summed E-state index contributed by atoms with van der Waals surface area (Å²) in [5.41, 5.74) is 0.843. The lowest BCUT2D eigenvalue weighted by Crippen LogP contribution is -2.47. The van der Waals surface area contributed by atoms with Crippen molar-refractivity contribution in [2.24, 2.45) is 0 Å². The molecular formula is C54H68Cl4FN14O17PS. The van der Waals surface area contributed by atoms with Gasteiger partial charge >= 0.3 is 31.6 Å². The number of carbonyl (C=O) groups is 6. The standard InChI is InChI=1S/C17H17ClFNO4.C15H18N6O6S.C11H11Cl2NO2.C8H14ClN5.C3H8NO5P/c1-9(2)15-16(21)20(17(22)24-15)13-8-14(11(18)7-12(13)19)23-10-5-3-4-6-10;1-21(2)13(22)9-6-5-7-16-12(9)28(24,25)20-15(23)19-14-17-10(26-3)8-11(18-14)27-4;1-7-6-16-9-5-3-2-4-8(9)14(7)11(15)10(12)13;1-4-10-7-12-6(9)13-8(14-7)11-5(2)3;5-3(6)1-4-2-10(7,8)9/h7-8,10H,3-6H2,1-2H3;5-8H,1-4H3,(H2,17,18,19,20,23);2-5,7,10H,6H2,1H3;5H,4H2,1-3H3,(H2,10,11,12,13,14);4H,1-2H2,(H,5,6)(H2,7,8,9). The minimum absolute atomic E-state index is 0.00962. The number of rotatable bonds is 18. The number of anilines is 5. The van der Waals surface area contributed by atoms with Gasteiger partial charge in [0.1, 0.15) is 23.9 Å². The summed E-state index contributed by atoms with van der Waals surface area (Å²) in [6.07, 6.45) is 3.59. The maximum Gasteiger partial charge on any atom is 0.427 e. The topological polar surface area (TPSA) is 408 Å². The summed E-state index contributed by atoms with van der Waals surface area (Å²) in [5, 5.41) is 18.0. The predicted molar refractivity (Wildman–Crippen MR) is 338 cm³/mol. The second-order valence-corrected chi connectivity index (χ2v) is 24.9. The number of aliphatic carboxylic acids is 1. The van der Waals surface area contributed by atoms with Gasteiger partial charge in [-0.05, 0) is 115 Å². The fourth-order valence-corrected chi connectivity index (χ4v) is 9.79. The summed E-state index contributed by atoms with van der Waals surface area (Å²) in [4.78, 5) is 112. The summed E-state index contributed by atoms with van der Waals surface area (Å²) < 4.78 is 77.3. The number of aromatic nitrogens is 6. The number of benzene rings is 2. The van der Waals surface area contributed by atoms with Crippen molar-refractivity contribution in [1.29, 1.82) is 0 Å². The van der Waals surface area contributed by atoms with Crippen molar-refractivity contribution < 1.29 is 84.7 Å². The van der Waals surface area contributed by atoms with Gasteiger partial charge in [-0.2, -0.15) is 33.3 Å². The molecule has 1 unspecified atom stereocenters. The summed E-state index contributed by atoms with van der Waals surface area (Å²) in [6, 6.07) is 12.8. The van der Waals surface area contributed by atoms with Crippen LogP contribution in [0.2, 0.25) is 10.3 Å². The van der Waals surface area contributed by atoms with Gasteiger partial charge in [-0.15, -0.1) is 0 Å². The molecule has 2 fully saturated rings. The maximum absolute atomic E-state index is 14.3. The van der Waals surface area contributed by atoms with E-state index in [0.717, 1.165) is 44.0 Å². The van der Waals surface area contributed by atoms with Crippen LogP contribution < -0.4 is 54.7 Å². The molecule has 6 amide bonds. The number of cyclic esters (lactones) is 1. The van der Waals surface area contributed by atoms with Crippen molar-refractivity contribution in [2.45, 2.75) is 95.3 Å². The Morgan fingerprint density at radius 2 is 1.53 bits per heavy atom. The van der Waals surface area contributed by atoms with Gasteiger partial charge in [-0.25, -0.2) is 28.6 Å². The fraction of sp³-hybridized carbons (Fsp3) is 0.407. The van der Waals surface area contributed by atoms with Crippen LogP contribution in [0.5, 0.6) is 23.3 Å². The molecule has 0 bridgehead atoms. The smallest absolute Gasteiger partial charge is 0.427 e. The average molecular weight is 1410 g/mol. The zero-order valence-corrected chi connectivity index (χ0v) is 55.8. The third-order valence-corrected chi connectivity index (χ3v) is 14.5. The molecule has 1 saturated heterocycles. The van der Waals surface area contributed by atoms with Gasteiger partial charge in [0.05, 0.1) is 67.2 Å². The summed E-state index contributed by atoms with van der Waals surface area (Å²) in [7, 11) is -2.94. The first kappa shape index (κ1) is 76.4. The molecule has 3 aliphatic rings. The zero-order chi connectivity index (χ0) is 68.8. The number of methoxy groups -OCH3 is 2. The number of urea groups is 1. The van der Waals surface area contributed by atoms with Gasteiger partial charge in [0.25, 0.3) is 21.8 Å². The number of hydrogen-bond donors (Lipinski definition) is 8. The third-order valence-electron chi connectivity index (χ3n) is 11.7. The number of amides is 6. The molecule has 0 radical (unpaired) electrons. The number of alkyl halides is 2. The van der Waals surface area contributed by atoms with E-state index < -0.39 is 76.0 Å². The molecule has 5 aromatic rings. The average Bonchev–Trinajstić information content (AvgIpc) is 1.47. The Balaban J connectivity index is 0.000000256. The molecule has 502 valence electrons. The molecule has 8 rings (SSSR count). The first-order valence-corrected chi connectivity index (χ1v) is 32.2. The molecular weight excluding hydrogens is 1340 g/mol. The van der Waals surface area contributed by atoms with Crippen molar-refractivity contribution >= 4 is 129 Å². The number of pyridine rings is 1. The Kier molecular flexibility index (Phi) is 29.7. The normalized spacial score (nSPS) is 14.2. The largest absolute Gasteiger partial charge is 0.489 e. The molecule has 3 aromatic heterocycles. The molecule has 92 heavy (non-hydrogen) atoms. The highest BCUT2D eigenvalue weighted by atomic mass is 35.5. The van der Waals surface area contributed by atoms with Gasteiger partial charge in [-0.3, -0.25) is 34.4 Å². The van der Waals surface area contributed by atoms with Crippen molar-refractivity contribution in [2.75, 3.05) is 80.0 Å². The highest BCUT2D eigenvalue weighted by molar-refractivity contribution is 7.90. The SMILES string of the molecule is CC(C)=C1OC(=O)N(c2cc(OC3CCCC3)c(Cl)cc2F)C1=O.CC1COc2ccccc2N1C(=O)C(Cl)Cl.CCNc1nc(Cl)nc(NC(C)C)n1.COc1cc(OC)nc(NC(=O)NS(=O)(=O)c2ncccc2C(=O)N(C)C)n1.O=C(O)CNCP(=O)(O)O. The number of ether oxygens (including phenoxy) is 5. The van der Waals surface area contributed by atoms with Crippen LogP contribution in [-0.2, 0) is 33.7 Å². The molecule has 5 heterocycles. The van der Waals surface area contributed by atoms with Crippen molar-refractivity contribution in [3.05, 3.63) is 93.8 Å². The van der Waals surface area contributed by atoms with Crippen LogP contribution in [0.1, 0.15) is 77.6 Å².